The van der Waals surface area contributed by atoms with E-state index >= 15 is 0 Å². The minimum atomic E-state index is -0.348. The topological polar surface area (TPSA) is 41.1 Å². The molecule has 1 aromatic rings. The molecule has 1 amide bonds. The van der Waals surface area contributed by atoms with Gasteiger partial charge in [-0.15, -0.1) is 0 Å². The highest BCUT2D eigenvalue weighted by atomic mass is 79.9. The van der Waals surface area contributed by atoms with Gasteiger partial charge in [0, 0.05) is 11.2 Å². The lowest BCUT2D eigenvalue weighted by Crippen LogP contribution is -2.43. The van der Waals surface area contributed by atoms with Crippen LogP contribution in [-0.4, -0.2) is 18.0 Å². The van der Waals surface area contributed by atoms with Crippen LogP contribution in [0.4, 0.5) is 10.1 Å². The van der Waals surface area contributed by atoms with Gasteiger partial charge in [-0.25, -0.2) is 4.39 Å². The van der Waals surface area contributed by atoms with Crippen molar-refractivity contribution in [1.29, 1.82) is 0 Å². The largest absolute Gasteiger partial charge is 0.376 e. The molecule has 0 atom stereocenters. The number of halogens is 2. The molecule has 0 bridgehead atoms. The molecule has 0 aliphatic carbocycles. The van der Waals surface area contributed by atoms with Crippen LogP contribution < -0.4 is 10.6 Å². The molecule has 0 saturated heterocycles. The van der Waals surface area contributed by atoms with E-state index < -0.39 is 0 Å². The summed E-state index contributed by atoms with van der Waals surface area (Å²) in [6, 6.07) is 3.06. The Bertz CT molecular complexity index is 455. The number of carbonyl (C=O) groups excluding carboxylic acids is 1. The normalized spacial score (nSPS) is 11.2. The van der Waals surface area contributed by atoms with Crippen LogP contribution >= 0.6 is 15.9 Å². The summed E-state index contributed by atoms with van der Waals surface area (Å²) in [6.07, 6.45) is 0. The van der Waals surface area contributed by atoms with Gasteiger partial charge >= 0.3 is 0 Å². The van der Waals surface area contributed by atoms with Crippen molar-refractivity contribution in [1.82, 2.24) is 5.32 Å². The van der Waals surface area contributed by atoms with Crippen LogP contribution in [0.15, 0.2) is 16.6 Å². The van der Waals surface area contributed by atoms with Gasteiger partial charge in [-0.2, -0.15) is 0 Å². The van der Waals surface area contributed by atoms with Crippen LogP contribution in [0, 0.1) is 12.7 Å². The van der Waals surface area contributed by atoms with Crippen LogP contribution in [0.1, 0.15) is 26.3 Å². The summed E-state index contributed by atoms with van der Waals surface area (Å²) in [4.78, 5) is 11.6. The molecule has 0 fully saturated rings. The van der Waals surface area contributed by atoms with E-state index in [-0.39, 0.29) is 23.8 Å². The Morgan fingerprint density at radius 2 is 2.00 bits per heavy atom. The predicted molar refractivity (Wildman–Crippen MR) is 75.2 cm³/mol. The van der Waals surface area contributed by atoms with Gasteiger partial charge in [-0.1, -0.05) is 0 Å². The van der Waals surface area contributed by atoms with E-state index in [1.54, 1.807) is 6.07 Å². The lowest BCUT2D eigenvalue weighted by molar-refractivity contribution is -0.120. The molecular weight excluding hydrogens is 299 g/mol. The molecule has 0 saturated carbocycles. The van der Waals surface area contributed by atoms with Gasteiger partial charge in [0.25, 0.3) is 0 Å². The monoisotopic (exact) mass is 316 g/mol. The highest BCUT2D eigenvalue weighted by Gasteiger charge is 2.13. The van der Waals surface area contributed by atoms with Crippen molar-refractivity contribution in [2.24, 2.45) is 0 Å². The Morgan fingerprint density at radius 3 is 2.56 bits per heavy atom. The Kier molecular flexibility index (Phi) is 4.73. The fourth-order valence-corrected chi connectivity index (χ4v) is 1.93. The van der Waals surface area contributed by atoms with Crippen molar-refractivity contribution in [3.8, 4) is 0 Å². The molecule has 0 aliphatic rings. The molecule has 0 unspecified atom stereocenters. The zero-order chi connectivity index (χ0) is 13.9. The quantitative estimate of drug-likeness (QED) is 0.899. The van der Waals surface area contributed by atoms with E-state index in [4.69, 9.17) is 0 Å². The number of nitrogens with one attached hydrogen (secondary N) is 2. The number of hydrogen-bond donors (Lipinski definition) is 2. The summed E-state index contributed by atoms with van der Waals surface area (Å²) in [6.45, 7) is 7.72. The third-order valence-corrected chi connectivity index (χ3v) is 2.83. The van der Waals surface area contributed by atoms with Crippen molar-refractivity contribution >= 4 is 27.5 Å². The number of amides is 1. The molecule has 3 nitrogen and oxygen atoms in total. The molecule has 1 rings (SSSR count). The maximum Gasteiger partial charge on any atom is 0.239 e. The first kappa shape index (κ1) is 15.0. The third-order valence-electron chi connectivity index (χ3n) is 2.22. The molecule has 0 aromatic heterocycles. The highest BCUT2D eigenvalue weighted by Crippen LogP contribution is 2.23. The minimum Gasteiger partial charge on any atom is -0.376 e. The standard InChI is InChI=1S/C13H18BrFN2O/c1-8-5-9(14)10(15)6-11(8)16-7-12(18)17-13(2,3)4/h5-6,16H,7H2,1-4H3,(H,17,18). The maximum absolute atomic E-state index is 13.4. The Morgan fingerprint density at radius 1 is 1.39 bits per heavy atom. The first-order chi connectivity index (χ1) is 8.19. The predicted octanol–water partition coefficient (Wildman–Crippen LogP) is 3.22. The van der Waals surface area contributed by atoms with Gasteiger partial charge in [0.05, 0.1) is 11.0 Å². The molecule has 18 heavy (non-hydrogen) atoms. The third kappa shape index (κ3) is 4.64. The molecule has 1 aromatic carbocycles. The van der Waals surface area contributed by atoms with Crippen molar-refractivity contribution in [2.75, 3.05) is 11.9 Å². The molecule has 100 valence electrons. The number of benzene rings is 1. The van der Waals surface area contributed by atoms with Crippen LogP contribution in [0.2, 0.25) is 0 Å². The van der Waals surface area contributed by atoms with Gasteiger partial charge in [0.15, 0.2) is 0 Å². The Hall–Kier alpha value is -1.10. The summed E-state index contributed by atoms with van der Waals surface area (Å²) in [5.74, 6) is -0.468. The lowest BCUT2D eigenvalue weighted by atomic mass is 10.1. The average molecular weight is 317 g/mol. The fourth-order valence-electron chi connectivity index (χ4n) is 1.47. The van der Waals surface area contributed by atoms with E-state index in [2.05, 4.69) is 26.6 Å². The molecular formula is C13H18BrFN2O. The summed E-state index contributed by atoms with van der Waals surface area (Å²) < 4.78 is 13.8. The second kappa shape index (κ2) is 5.69. The number of rotatable bonds is 3. The Labute approximate surface area is 115 Å². The number of carbonyl (C=O) groups is 1. The lowest BCUT2D eigenvalue weighted by Gasteiger charge is -2.21. The molecule has 0 radical (unpaired) electrons. The average Bonchev–Trinajstić information content (AvgIpc) is 2.19. The first-order valence-electron chi connectivity index (χ1n) is 5.69. The van der Waals surface area contributed by atoms with Crippen LogP contribution in [0.5, 0.6) is 0 Å². The zero-order valence-electron chi connectivity index (χ0n) is 11.0. The summed E-state index contributed by atoms with van der Waals surface area (Å²) in [5.41, 5.74) is 1.24. The van der Waals surface area contributed by atoms with Gasteiger partial charge in [0.2, 0.25) is 5.91 Å². The second-order valence-corrected chi connectivity index (χ2v) is 6.09. The maximum atomic E-state index is 13.4. The van der Waals surface area contributed by atoms with Gasteiger partial charge < -0.3 is 10.6 Å². The van der Waals surface area contributed by atoms with Crippen LogP contribution in [-0.2, 0) is 4.79 Å². The van der Waals surface area contributed by atoms with Crippen molar-refractivity contribution in [3.05, 3.63) is 28.0 Å². The highest BCUT2D eigenvalue weighted by molar-refractivity contribution is 9.10. The van der Waals surface area contributed by atoms with E-state index in [0.29, 0.717) is 10.2 Å². The number of aryl methyl sites for hydroxylation is 1. The molecule has 0 spiro atoms. The SMILES string of the molecule is Cc1cc(Br)c(F)cc1NCC(=O)NC(C)(C)C. The zero-order valence-corrected chi connectivity index (χ0v) is 12.6. The Balaban J connectivity index is 2.64. The summed E-state index contributed by atoms with van der Waals surface area (Å²) in [7, 11) is 0. The molecule has 0 heterocycles. The van der Waals surface area contributed by atoms with Crippen molar-refractivity contribution < 1.29 is 9.18 Å². The second-order valence-electron chi connectivity index (χ2n) is 5.23. The number of anilines is 1. The van der Waals surface area contributed by atoms with E-state index in [1.165, 1.54) is 6.07 Å². The van der Waals surface area contributed by atoms with Crippen molar-refractivity contribution in [2.45, 2.75) is 33.2 Å². The van der Waals surface area contributed by atoms with E-state index in [9.17, 15) is 9.18 Å². The van der Waals surface area contributed by atoms with Gasteiger partial charge in [-0.3, -0.25) is 4.79 Å². The van der Waals surface area contributed by atoms with Crippen LogP contribution in [0.3, 0.4) is 0 Å². The van der Waals surface area contributed by atoms with Crippen LogP contribution in [0.25, 0.3) is 0 Å². The fraction of sp³-hybridized carbons (Fsp3) is 0.462. The molecule has 0 aliphatic heterocycles. The minimum absolute atomic E-state index is 0.120. The number of hydrogen-bond acceptors (Lipinski definition) is 2. The molecule has 5 heteroatoms. The van der Waals surface area contributed by atoms with E-state index in [0.717, 1.165) is 5.56 Å². The van der Waals surface area contributed by atoms with E-state index in [1.807, 2.05) is 27.7 Å². The van der Waals surface area contributed by atoms with Crippen molar-refractivity contribution in [3.63, 3.8) is 0 Å². The molecule has 2 N–H and O–H groups in total. The summed E-state index contributed by atoms with van der Waals surface area (Å²) >= 11 is 3.12. The smallest absolute Gasteiger partial charge is 0.239 e. The van der Waals surface area contributed by atoms with Gasteiger partial charge in [-0.05, 0) is 61.3 Å². The summed E-state index contributed by atoms with van der Waals surface area (Å²) in [5, 5.41) is 5.76. The van der Waals surface area contributed by atoms with Gasteiger partial charge in [0.1, 0.15) is 5.82 Å². The first-order valence-corrected chi connectivity index (χ1v) is 6.49.